The second-order valence-corrected chi connectivity index (χ2v) is 6.24. The molecule has 4 rings (SSSR count). The molecule has 0 atom stereocenters. The van der Waals surface area contributed by atoms with E-state index in [1.807, 2.05) is 60.7 Å². The fourth-order valence-corrected chi connectivity index (χ4v) is 2.94. The van der Waals surface area contributed by atoms with Gasteiger partial charge < -0.3 is 19.5 Å². The molecule has 6 heteroatoms. The first-order chi connectivity index (χ1) is 13.8. The van der Waals surface area contributed by atoms with E-state index in [1.54, 1.807) is 13.3 Å². The third-order valence-corrected chi connectivity index (χ3v) is 4.31. The van der Waals surface area contributed by atoms with Crippen LogP contribution >= 0.6 is 0 Å². The van der Waals surface area contributed by atoms with Crippen molar-refractivity contribution in [2.75, 3.05) is 25.6 Å². The molecule has 0 aliphatic carbocycles. The van der Waals surface area contributed by atoms with Crippen LogP contribution in [0.3, 0.4) is 0 Å². The second kappa shape index (κ2) is 8.54. The quantitative estimate of drug-likeness (QED) is 0.638. The highest BCUT2D eigenvalue weighted by Crippen LogP contribution is 2.27. The van der Waals surface area contributed by atoms with Crippen molar-refractivity contribution in [3.63, 3.8) is 0 Å². The molecule has 2 aromatic carbocycles. The Morgan fingerprint density at radius 3 is 2.89 bits per heavy atom. The standard InChI is InChI=1S/C22H21N3O3/c1-26-21-8-7-18-13-17(21)15-27-11-2-3-12-28-19-6-4-5-16(14-19)20-9-10-23-22(24-18)25-20/h2-10,13-14H,11-12,15H2,1H3,(H,23,24,25)/b3-2+. The van der Waals surface area contributed by atoms with Gasteiger partial charge in [0.15, 0.2) is 0 Å². The van der Waals surface area contributed by atoms with Crippen LogP contribution in [0.4, 0.5) is 11.6 Å². The Morgan fingerprint density at radius 2 is 1.96 bits per heavy atom. The van der Waals surface area contributed by atoms with Gasteiger partial charge in [-0.25, -0.2) is 9.97 Å². The van der Waals surface area contributed by atoms with Crippen LogP contribution in [0.2, 0.25) is 0 Å². The summed E-state index contributed by atoms with van der Waals surface area (Å²) in [4.78, 5) is 8.97. The fourth-order valence-electron chi connectivity index (χ4n) is 2.94. The van der Waals surface area contributed by atoms with E-state index in [4.69, 9.17) is 14.2 Å². The molecule has 0 unspecified atom stereocenters. The van der Waals surface area contributed by atoms with Gasteiger partial charge in [-0.3, -0.25) is 0 Å². The Bertz CT molecular complexity index is 988. The molecular formula is C22H21N3O3. The highest BCUT2D eigenvalue weighted by molar-refractivity contribution is 5.64. The van der Waals surface area contributed by atoms with E-state index in [0.717, 1.165) is 34.0 Å². The number of benzene rings is 2. The van der Waals surface area contributed by atoms with Crippen molar-refractivity contribution in [1.82, 2.24) is 9.97 Å². The van der Waals surface area contributed by atoms with Crippen molar-refractivity contribution in [3.8, 4) is 22.8 Å². The average molecular weight is 375 g/mol. The van der Waals surface area contributed by atoms with Gasteiger partial charge in [0.25, 0.3) is 0 Å². The maximum Gasteiger partial charge on any atom is 0.227 e. The Morgan fingerprint density at radius 1 is 1.04 bits per heavy atom. The largest absolute Gasteiger partial charge is 0.496 e. The van der Waals surface area contributed by atoms with E-state index in [0.29, 0.717) is 25.8 Å². The number of methoxy groups -OCH3 is 1. The molecule has 0 fully saturated rings. The van der Waals surface area contributed by atoms with Gasteiger partial charge in [-0.1, -0.05) is 18.2 Å². The molecule has 0 spiro atoms. The lowest BCUT2D eigenvalue weighted by Gasteiger charge is -2.12. The minimum absolute atomic E-state index is 0.436. The van der Waals surface area contributed by atoms with Crippen LogP contribution in [0.25, 0.3) is 11.3 Å². The molecule has 0 saturated heterocycles. The van der Waals surface area contributed by atoms with E-state index in [1.165, 1.54) is 0 Å². The van der Waals surface area contributed by atoms with Gasteiger partial charge in [-0.05, 0) is 42.5 Å². The number of ether oxygens (including phenoxy) is 3. The van der Waals surface area contributed by atoms with Gasteiger partial charge >= 0.3 is 0 Å². The number of anilines is 2. The fraction of sp³-hybridized carbons (Fsp3) is 0.182. The Balaban J connectivity index is 1.71. The number of hydrogen-bond donors (Lipinski definition) is 1. The first kappa shape index (κ1) is 18.0. The summed E-state index contributed by atoms with van der Waals surface area (Å²) in [7, 11) is 1.65. The molecule has 1 aliphatic heterocycles. The molecule has 6 bridgehead atoms. The molecule has 0 amide bonds. The lowest BCUT2D eigenvalue weighted by atomic mass is 10.1. The van der Waals surface area contributed by atoms with E-state index in [-0.39, 0.29) is 0 Å². The van der Waals surface area contributed by atoms with Crippen molar-refractivity contribution in [3.05, 3.63) is 72.4 Å². The second-order valence-electron chi connectivity index (χ2n) is 6.24. The van der Waals surface area contributed by atoms with Gasteiger partial charge in [0.05, 0.1) is 26.0 Å². The van der Waals surface area contributed by atoms with Crippen LogP contribution in [0, 0.1) is 0 Å². The van der Waals surface area contributed by atoms with Crippen LogP contribution in [0.1, 0.15) is 5.56 Å². The van der Waals surface area contributed by atoms with Crippen molar-refractivity contribution in [2.45, 2.75) is 6.61 Å². The van der Waals surface area contributed by atoms with Crippen LogP contribution < -0.4 is 14.8 Å². The number of nitrogens with zero attached hydrogens (tertiary/aromatic N) is 2. The molecular weight excluding hydrogens is 354 g/mol. The summed E-state index contributed by atoms with van der Waals surface area (Å²) in [6, 6.07) is 15.6. The number of rotatable bonds is 1. The molecule has 28 heavy (non-hydrogen) atoms. The molecule has 0 radical (unpaired) electrons. The van der Waals surface area contributed by atoms with Crippen LogP contribution in [0.5, 0.6) is 11.5 Å². The van der Waals surface area contributed by atoms with E-state index >= 15 is 0 Å². The zero-order valence-electron chi connectivity index (χ0n) is 15.6. The molecule has 3 aromatic rings. The summed E-state index contributed by atoms with van der Waals surface area (Å²) in [5, 5.41) is 3.26. The van der Waals surface area contributed by atoms with Crippen LogP contribution in [-0.4, -0.2) is 30.3 Å². The van der Waals surface area contributed by atoms with Gasteiger partial charge in [0, 0.05) is 23.0 Å². The molecule has 142 valence electrons. The van der Waals surface area contributed by atoms with Gasteiger partial charge in [-0.2, -0.15) is 0 Å². The predicted octanol–water partition coefficient (Wildman–Crippen LogP) is 4.36. The Hall–Kier alpha value is -3.38. The van der Waals surface area contributed by atoms with E-state index in [2.05, 4.69) is 15.3 Å². The summed E-state index contributed by atoms with van der Waals surface area (Å²) >= 11 is 0. The summed E-state index contributed by atoms with van der Waals surface area (Å²) in [6.07, 6.45) is 5.64. The third kappa shape index (κ3) is 4.29. The normalized spacial score (nSPS) is 14.9. The zero-order chi connectivity index (χ0) is 19.2. The SMILES string of the molecule is COc1ccc2cc1COC/C=C/COc1cccc(c1)-c1ccnc(n1)N2. The number of nitrogens with one attached hydrogen (secondary N) is 1. The minimum Gasteiger partial charge on any atom is -0.496 e. The molecule has 1 aromatic heterocycles. The Kier molecular flexibility index (Phi) is 5.49. The summed E-state index contributed by atoms with van der Waals surface area (Å²) < 4.78 is 17.0. The highest BCUT2D eigenvalue weighted by Gasteiger charge is 2.08. The van der Waals surface area contributed by atoms with Gasteiger partial charge in [0.2, 0.25) is 5.95 Å². The van der Waals surface area contributed by atoms with Crippen molar-refractivity contribution >= 4 is 11.6 Å². The first-order valence-corrected chi connectivity index (χ1v) is 9.05. The monoisotopic (exact) mass is 375 g/mol. The lowest BCUT2D eigenvalue weighted by Crippen LogP contribution is -2.01. The highest BCUT2D eigenvalue weighted by atomic mass is 16.5. The first-order valence-electron chi connectivity index (χ1n) is 9.05. The molecule has 0 saturated carbocycles. The van der Waals surface area contributed by atoms with Crippen molar-refractivity contribution in [1.29, 1.82) is 0 Å². The lowest BCUT2D eigenvalue weighted by molar-refractivity contribution is 0.146. The predicted molar refractivity (Wildman–Crippen MR) is 108 cm³/mol. The van der Waals surface area contributed by atoms with Gasteiger partial charge in [-0.15, -0.1) is 0 Å². The van der Waals surface area contributed by atoms with E-state index < -0.39 is 0 Å². The van der Waals surface area contributed by atoms with E-state index in [9.17, 15) is 0 Å². The maximum absolute atomic E-state index is 5.80. The van der Waals surface area contributed by atoms with Crippen molar-refractivity contribution in [2.24, 2.45) is 0 Å². The molecule has 1 N–H and O–H groups in total. The van der Waals surface area contributed by atoms with Crippen LogP contribution in [-0.2, 0) is 11.3 Å². The Labute approximate surface area is 163 Å². The number of hydrogen-bond acceptors (Lipinski definition) is 6. The number of aromatic nitrogens is 2. The molecule has 1 aliphatic rings. The summed E-state index contributed by atoms with van der Waals surface area (Å²) in [5.74, 6) is 2.09. The molecule has 6 nitrogen and oxygen atoms in total. The minimum atomic E-state index is 0.436. The van der Waals surface area contributed by atoms with Crippen LogP contribution in [0.15, 0.2) is 66.9 Å². The summed E-state index contributed by atoms with van der Waals surface area (Å²) in [5.41, 5.74) is 3.60. The molecule has 2 heterocycles. The maximum atomic E-state index is 5.80. The average Bonchev–Trinajstić information content (AvgIpc) is 2.73. The van der Waals surface area contributed by atoms with Gasteiger partial charge in [0.1, 0.15) is 18.1 Å². The smallest absolute Gasteiger partial charge is 0.227 e. The number of fused-ring (bicyclic) bond motifs is 7. The summed E-state index contributed by atoms with van der Waals surface area (Å²) in [6.45, 7) is 1.40. The van der Waals surface area contributed by atoms with Crippen molar-refractivity contribution < 1.29 is 14.2 Å². The zero-order valence-corrected chi connectivity index (χ0v) is 15.6. The third-order valence-electron chi connectivity index (χ3n) is 4.31. The topological polar surface area (TPSA) is 65.5 Å².